The smallest absolute Gasteiger partial charge is 0.236 e. The first-order valence-corrected chi connectivity index (χ1v) is 6.84. The second-order valence-electron chi connectivity index (χ2n) is 5.67. The van der Waals surface area contributed by atoms with E-state index in [0.29, 0.717) is 12.5 Å². The van der Waals surface area contributed by atoms with Crippen LogP contribution in [0.5, 0.6) is 0 Å². The Morgan fingerprint density at radius 2 is 1.88 bits per heavy atom. The predicted molar refractivity (Wildman–Crippen MR) is 68.9 cm³/mol. The van der Waals surface area contributed by atoms with Crippen molar-refractivity contribution in [3.63, 3.8) is 0 Å². The number of nitrogens with zero attached hydrogens (tertiary/aromatic N) is 3. The van der Waals surface area contributed by atoms with Gasteiger partial charge in [0.2, 0.25) is 5.91 Å². The lowest BCUT2D eigenvalue weighted by molar-refractivity contribution is -0.134. The molecular formula is C13H25N3O. The summed E-state index contributed by atoms with van der Waals surface area (Å²) in [5, 5.41) is 0. The molecule has 0 radical (unpaired) electrons. The van der Waals surface area contributed by atoms with Crippen LogP contribution < -0.4 is 0 Å². The summed E-state index contributed by atoms with van der Waals surface area (Å²) in [6, 6.07) is 0. The van der Waals surface area contributed by atoms with Gasteiger partial charge in [0.15, 0.2) is 0 Å². The molecule has 0 aromatic heterocycles. The van der Waals surface area contributed by atoms with Gasteiger partial charge >= 0.3 is 0 Å². The number of carbonyl (C=O) groups is 1. The molecule has 0 saturated carbocycles. The molecule has 17 heavy (non-hydrogen) atoms. The van der Waals surface area contributed by atoms with E-state index in [9.17, 15) is 4.79 Å². The normalized spacial score (nSPS) is 28.4. The lowest BCUT2D eigenvalue weighted by atomic mass is 10.0. The molecular weight excluding hydrogens is 214 g/mol. The van der Waals surface area contributed by atoms with Gasteiger partial charge in [0.1, 0.15) is 0 Å². The monoisotopic (exact) mass is 239 g/mol. The van der Waals surface area contributed by atoms with Crippen molar-refractivity contribution < 1.29 is 4.79 Å². The highest BCUT2D eigenvalue weighted by Gasteiger charge is 2.23. The first-order chi connectivity index (χ1) is 8.15. The predicted octanol–water partition coefficient (Wildman–Crippen LogP) is 0.492. The number of likely N-dealkylation sites (tertiary alicyclic amines) is 1. The Morgan fingerprint density at radius 1 is 1.18 bits per heavy atom. The van der Waals surface area contributed by atoms with Crippen LogP contribution in [0.2, 0.25) is 0 Å². The topological polar surface area (TPSA) is 26.8 Å². The van der Waals surface area contributed by atoms with Gasteiger partial charge in [0.05, 0.1) is 6.54 Å². The molecule has 2 saturated heterocycles. The fourth-order valence-electron chi connectivity index (χ4n) is 2.78. The molecule has 0 aromatic rings. The molecule has 2 fully saturated rings. The van der Waals surface area contributed by atoms with Gasteiger partial charge in [-0.2, -0.15) is 0 Å². The van der Waals surface area contributed by atoms with E-state index in [2.05, 4.69) is 23.8 Å². The number of amides is 1. The minimum atomic E-state index is 0.326. The zero-order chi connectivity index (χ0) is 12.3. The average Bonchev–Trinajstić information content (AvgIpc) is 2.29. The van der Waals surface area contributed by atoms with Crippen LogP contribution in [-0.2, 0) is 4.79 Å². The van der Waals surface area contributed by atoms with Gasteiger partial charge in [-0.25, -0.2) is 0 Å². The van der Waals surface area contributed by atoms with Crippen LogP contribution in [-0.4, -0.2) is 73.5 Å². The number of piperidine rings is 1. The van der Waals surface area contributed by atoms with E-state index in [0.717, 1.165) is 45.2 Å². The van der Waals surface area contributed by atoms with E-state index in [4.69, 9.17) is 0 Å². The van der Waals surface area contributed by atoms with Gasteiger partial charge in [-0.15, -0.1) is 0 Å². The number of piperazine rings is 1. The molecule has 0 aliphatic carbocycles. The standard InChI is InChI=1S/C13H25N3O/c1-12-4-3-5-15(10-12)11-13(17)16-8-6-14(2)7-9-16/h12H,3-11H2,1-2H3. The number of hydrogen-bond acceptors (Lipinski definition) is 3. The lowest BCUT2D eigenvalue weighted by Gasteiger charge is -2.35. The van der Waals surface area contributed by atoms with Crippen molar-refractivity contribution in [3.8, 4) is 0 Å². The third-order valence-electron chi connectivity index (χ3n) is 3.96. The molecule has 2 rings (SSSR count). The second kappa shape index (κ2) is 5.83. The van der Waals surface area contributed by atoms with Crippen LogP contribution in [0.15, 0.2) is 0 Å². The van der Waals surface area contributed by atoms with E-state index >= 15 is 0 Å². The second-order valence-corrected chi connectivity index (χ2v) is 5.67. The van der Waals surface area contributed by atoms with Gasteiger partial charge in [0.25, 0.3) is 0 Å². The summed E-state index contributed by atoms with van der Waals surface area (Å²) in [4.78, 5) is 18.8. The van der Waals surface area contributed by atoms with E-state index < -0.39 is 0 Å². The summed E-state index contributed by atoms with van der Waals surface area (Å²) in [5.41, 5.74) is 0. The maximum Gasteiger partial charge on any atom is 0.236 e. The SMILES string of the molecule is CC1CCCN(CC(=O)N2CCN(C)CC2)C1. The Kier molecular flexibility index (Phi) is 4.40. The molecule has 4 heteroatoms. The van der Waals surface area contributed by atoms with E-state index in [1.165, 1.54) is 12.8 Å². The summed E-state index contributed by atoms with van der Waals surface area (Å²) in [6.07, 6.45) is 2.57. The summed E-state index contributed by atoms with van der Waals surface area (Å²) in [7, 11) is 2.12. The number of hydrogen-bond donors (Lipinski definition) is 0. The molecule has 0 aromatic carbocycles. The fraction of sp³-hybridized carbons (Fsp3) is 0.923. The highest BCUT2D eigenvalue weighted by atomic mass is 16.2. The molecule has 2 heterocycles. The minimum Gasteiger partial charge on any atom is -0.339 e. The Bertz CT molecular complexity index is 261. The summed E-state index contributed by atoms with van der Waals surface area (Å²) < 4.78 is 0. The van der Waals surface area contributed by atoms with Crippen LogP contribution in [0, 0.1) is 5.92 Å². The first-order valence-electron chi connectivity index (χ1n) is 6.84. The quantitative estimate of drug-likeness (QED) is 0.702. The van der Waals surface area contributed by atoms with Gasteiger partial charge in [0, 0.05) is 32.7 Å². The lowest BCUT2D eigenvalue weighted by Crippen LogP contribution is -2.51. The van der Waals surface area contributed by atoms with E-state index in [1.54, 1.807) is 0 Å². The summed E-state index contributed by atoms with van der Waals surface area (Å²) >= 11 is 0. The van der Waals surface area contributed by atoms with Crippen LogP contribution in [0.4, 0.5) is 0 Å². The number of rotatable bonds is 2. The molecule has 0 N–H and O–H groups in total. The van der Waals surface area contributed by atoms with E-state index in [1.807, 2.05) is 4.90 Å². The zero-order valence-corrected chi connectivity index (χ0v) is 11.2. The van der Waals surface area contributed by atoms with Crippen molar-refractivity contribution in [2.45, 2.75) is 19.8 Å². The molecule has 2 aliphatic heterocycles. The Morgan fingerprint density at radius 3 is 2.53 bits per heavy atom. The maximum absolute atomic E-state index is 12.1. The Labute approximate surface area is 105 Å². The Hall–Kier alpha value is -0.610. The van der Waals surface area contributed by atoms with Gasteiger partial charge in [-0.3, -0.25) is 9.69 Å². The van der Waals surface area contributed by atoms with Crippen LogP contribution in [0.1, 0.15) is 19.8 Å². The molecule has 98 valence electrons. The van der Waals surface area contributed by atoms with Crippen molar-refractivity contribution in [1.82, 2.24) is 14.7 Å². The van der Waals surface area contributed by atoms with Gasteiger partial charge in [-0.1, -0.05) is 6.92 Å². The van der Waals surface area contributed by atoms with Gasteiger partial charge in [-0.05, 0) is 32.4 Å². The van der Waals surface area contributed by atoms with Crippen LogP contribution in [0.3, 0.4) is 0 Å². The average molecular weight is 239 g/mol. The van der Waals surface area contributed by atoms with Crippen molar-refractivity contribution in [2.75, 3.05) is 52.9 Å². The van der Waals surface area contributed by atoms with Crippen molar-refractivity contribution in [2.24, 2.45) is 5.92 Å². The molecule has 0 spiro atoms. The van der Waals surface area contributed by atoms with Crippen LogP contribution >= 0.6 is 0 Å². The third-order valence-corrected chi connectivity index (χ3v) is 3.96. The first kappa shape index (κ1) is 12.8. The number of likely N-dealkylation sites (N-methyl/N-ethyl adjacent to an activating group) is 1. The molecule has 0 bridgehead atoms. The van der Waals surface area contributed by atoms with Crippen molar-refractivity contribution in [1.29, 1.82) is 0 Å². The van der Waals surface area contributed by atoms with Crippen molar-refractivity contribution >= 4 is 5.91 Å². The molecule has 1 atom stereocenters. The van der Waals surface area contributed by atoms with Crippen molar-refractivity contribution in [3.05, 3.63) is 0 Å². The molecule has 2 aliphatic rings. The summed E-state index contributed by atoms with van der Waals surface area (Å²) in [6.45, 7) is 8.95. The van der Waals surface area contributed by atoms with Crippen LogP contribution in [0.25, 0.3) is 0 Å². The van der Waals surface area contributed by atoms with E-state index in [-0.39, 0.29) is 0 Å². The highest BCUT2D eigenvalue weighted by molar-refractivity contribution is 5.78. The van der Waals surface area contributed by atoms with Gasteiger partial charge < -0.3 is 9.80 Å². The molecule has 1 unspecified atom stereocenters. The minimum absolute atomic E-state index is 0.326. The zero-order valence-electron chi connectivity index (χ0n) is 11.2. The fourth-order valence-corrected chi connectivity index (χ4v) is 2.78. The molecule has 4 nitrogen and oxygen atoms in total. The maximum atomic E-state index is 12.1. The molecule has 1 amide bonds. The highest BCUT2D eigenvalue weighted by Crippen LogP contribution is 2.15. The number of carbonyl (C=O) groups excluding carboxylic acids is 1. The third kappa shape index (κ3) is 3.68. The largest absolute Gasteiger partial charge is 0.339 e. The Balaban J connectivity index is 1.76. The summed E-state index contributed by atoms with van der Waals surface area (Å²) in [5.74, 6) is 1.08.